The molecule has 0 spiro atoms. The summed E-state index contributed by atoms with van der Waals surface area (Å²) in [6, 6.07) is 0.177. The van der Waals surface area contributed by atoms with Gasteiger partial charge in [-0.15, -0.1) is 0 Å². The molecule has 0 radical (unpaired) electrons. The van der Waals surface area contributed by atoms with Gasteiger partial charge in [0.15, 0.2) is 0 Å². The topological polar surface area (TPSA) is 71.3 Å². The molecule has 0 saturated carbocycles. The summed E-state index contributed by atoms with van der Waals surface area (Å²) in [5, 5.41) is 2.28. The molecule has 0 bridgehead atoms. The lowest BCUT2D eigenvalue weighted by Crippen LogP contribution is -2.41. The highest BCUT2D eigenvalue weighted by molar-refractivity contribution is 5.70. The van der Waals surface area contributed by atoms with E-state index in [0.717, 1.165) is 24.6 Å². The normalized spacial score (nSPS) is 19.8. The van der Waals surface area contributed by atoms with Gasteiger partial charge < -0.3 is 20.4 Å². The number of allylic oxidation sites excluding steroid dienone is 1. The Kier molecular flexibility index (Phi) is 6.11. The molecule has 0 saturated heterocycles. The third kappa shape index (κ3) is 4.75. The Labute approximate surface area is 150 Å². The van der Waals surface area contributed by atoms with E-state index >= 15 is 0 Å². The van der Waals surface area contributed by atoms with Gasteiger partial charge in [0.1, 0.15) is 5.60 Å². The second-order valence-electron chi connectivity index (χ2n) is 7.51. The Morgan fingerprint density at radius 2 is 2.20 bits per heavy atom. The lowest BCUT2D eigenvalue weighted by molar-refractivity contribution is 0.0215. The van der Waals surface area contributed by atoms with Gasteiger partial charge in [0.05, 0.1) is 0 Å². The predicted octanol–water partition coefficient (Wildman–Crippen LogP) is 2.36. The van der Waals surface area contributed by atoms with Crippen molar-refractivity contribution in [1.29, 1.82) is 0 Å². The van der Waals surface area contributed by atoms with Crippen molar-refractivity contribution in [2.24, 2.45) is 5.73 Å². The monoisotopic (exact) mass is 345 g/mol. The minimum Gasteiger partial charge on any atom is -0.444 e. The molecule has 2 rings (SSSR count). The maximum atomic E-state index is 12.2. The van der Waals surface area contributed by atoms with Gasteiger partial charge >= 0.3 is 6.09 Å². The Morgan fingerprint density at radius 1 is 1.48 bits per heavy atom. The number of ether oxygens (including phenoxy) is 1. The van der Waals surface area contributed by atoms with Crippen LogP contribution in [0.3, 0.4) is 0 Å². The number of amides is 1. The highest BCUT2D eigenvalue weighted by Gasteiger charge is 2.27. The van der Waals surface area contributed by atoms with Crippen LogP contribution in [0, 0.1) is 0 Å². The van der Waals surface area contributed by atoms with Crippen molar-refractivity contribution in [2.45, 2.75) is 58.6 Å². The number of aromatic amines is 1. The lowest BCUT2D eigenvalue weighted by atomic mass is 9.90. The van der Waals surface area contributed by atoms with Crippen LogP contribution < -0.4 is 16.3 Å². The largest absolute Gasteiger partial charge is 0.444 e. The molecule has 1 unspecified atom stereocenters. The molecule has 0 aliphatic heterocycles. The molecule has 1 aromatic heterocycles. The standard InChI is InChI=1S/C20H31N3O2/c1-6-18-16(11-12-21)17(13-22-18)14-7-9-15(10-8-14)23(5)19(24)25-20(2,3)4/h6-7,11,13,15,22H,8-10,12,21H2,1-5H3/b16-11-,18-6+. The van der Waals surface area contributed by atoms with Crippen LogP contribution in [0.5, 0.6) is 0 Å². The first-order chi connectivity index (χ1) is 11.8. The van der Waals surface area contributed by atoms with Crippen LogP contribution >= 0.6 is 0 Å². The van der Waals surface area contributed by atoms with Gasteiger partial charge in [0.2, 0.25) is 0 Å². The van der Waals surface area contributed by atoms with Crippen LogP contribution in [0.25, 0.3) is 17.7 Å². The summed E-state index contributed by atoms with van der Waals surface area (Å²) < 4.78 is 5.47. The summed E-state index contributed by atoms with van der Waals surface area (Å²) in [6.45, 7) is 8.21. The molecule has 0 aromatic carbocycles. The van der Waals surface area contributed by atoms with Crippen molar-refractivity contribution in [3.05, 3.63) is 28.4 Å². The molecule has 1 aliphatic carbocycles. The summed E-state index contributed by atoms with van der Waals surface area (Å²) in [6.07, 6.45) is 10.9. The van der Waals surface area contributed by atoms with E-state index in [4.69, 9.17) is 10.5 Å². The van der Waals surface area contributed by atoms with Crippen LogP contribution in [-0.2, 0) is 4.74 Å². The second-order valence-corrected chi connectivity index (χ2v) is 7.51. The zero-order valence-electron chi connectivity index (χ0n) is 16.1. The van der Waals surface area contributed by atoms with E-state index in [9.17, 15) is 4.79 Å². The van der Waals surface area contributed by atoms with E-state index in [-0.39, 0.29) is 12.1 Å². The van der Waals surface area contributed by atoms with Crippen LogP contribution in [0.2, 0.25) is 0 Å². The highest BCUT2D eigenvalue weighted by atomic mass is 16.6. The van der Waals surface area contributed by atoms with Gasteiger partial charge in [0, 0.05) is 42.0 Å². The molecule has 1 aromatic rings. The number of rotatable bonds is 3. The van der Waals surface area contributed by atoms with E-state index in [0.29, 0.717) is 6.54 Å². The molecule has 5 heteroatoms. The summed E-state index contributed by atoms with van der Waals surface area (Å²) in [5.74, 6) is 0. The number of carbonyl (C=O) groups is 1. The zero-order valence-corrected chi connectivity index (χ0v) is 16.1. The Balaban J connectivity index is 2.15. The first-order valence-corrected chi connectivity index (χ1v) is 8.96. The SMILES string of the molecule is C/C=c1/[nH]cc(C2=CCC(N(C)C(=O)OC(C)(C)C)CC2)/c1=C/CN. The summed E-state index contributed by atoms with van der Waals surface area (Å²) in [4.78, 5) is 17.3. The predicted molar refractivity (Wildman–Crippen MR) is 103 cm³/mol. The van der Waals surface area contributed by atoms with E-state index < -0.39 is 5.60 Å². The molecule has 1 atom stereocenters. The van der Waals surface area contributed by atoms with Crippen molar-refractivity contribution in [3.8, 4) is 0 Å². The maximum absolute atomic E-state index is 12.2. The number of hydrogen-bond acceptors (Lipinski definition) is 3. The Bertz CT molecular complexity index is 753. The Morgan fingerprint density at radius 3 is 2.72 bits per heavy atom. The summed E-state index contributed by atoms with van der Waals surface area (Å²) in [5.41, 5.74) is 7.80. The number of hydrogen-bond donors (Lipinski definition) is 2. The first kappa shape index (κ1) is 19.3. The fraction of sp³-hybridized carbons (Fsp3) is 0.550. The molecular formula is C20H31N3O2. The summed E-state index contributed by atoms with van der Waals surface area (Å²) >= 11 is 0. The second kappa shape index (κ2) is 7.91. The molecule has 1 heterocycles. The van der Waals surface area contributed by atoms with Crippen molar-refractivity contribution < 1.29 is 9.53 Å². The number of nitrogens with two attached hydrogens (primary N) is 1. The minimum absolute atomic E-state index is 0.177. The van der Waals surface area contributed by atoms with Gasteiger partial charge in [-0.2, -0.15) is 0 Å². The molecule has 1 aliphatic rings. The molecule has 25 heavy (non-hydrogen) atoms. The average molecular weight is 345 g/mol. The first-order valence-electron chi connectivity index (χ1n) is 8.96. The van der Waals surface area contributed by atoms with Gasteiger partial charge in [0.25, 0.3) is 0 Å². The molecule has 0 fully saturated rings. The van der Waals surface area contributed by atoms with Crippen LogP contribution in [-0.4, -0.2) is 41.2 Å². The third-order valence-corrected chi connectivity index (χ3v) is 4.52. The van der Waals surface area contributed by atoms with Crippen LogP contribution in [0.1, 0.15) is 52.5 Å². The number of nitrogens with zero attached hydrogens (tertiary/aromatic N) is 1. The fourth-order valence-electron chi connectivity index (χ4n) is 3.19. The van der Waals surface area contributed by atoms with Crippen molar-refractivity contribution in [2.75, 3.05) is 13.6 Å². The van der Waals surface area contributed by atoms with Crippen LogP contribution in [0.4, 0.5) is 4.79 Å². The molecule has 5 nitrogen and oxygen atoms in total. The zero-order chi connectivity index (χ0) is 18.6. The van der Waals surface area contributed by atoms with E-state index in [2.05, 4.69) is 29.4 Å². The van der Waals surface area contributed by atoms with Gasteiger partial charge in [-0.3, -0.25) is 0 Å². The van der Waals surface area contributed by atoms with Crippen molar-refractivity contribution >= 4 is 23.8 Å². The van der Waals surface area contributed by atoms with E-state index in [1.165, 1.54) is 16.4 Å². The van der Waals surface area contributed by atoms with E-state index in [1.54, 1.807) is 4.90 Å². The van der Waals surface area contributed by atoms with Gasteiger partial charge in [-0.05, 0) is 52.5 Å². The maximum Gasteiger partial charge on any atom is 0.410 e. The smallest absolute Gasteiger partial charge is 0.410 e. The van der Waals surface area contributed by atoms with Gasteiger partial charge in [-0.25, -0.2) is 4.79 Å². The quantitative estimate of drug-likeness (QED) is 0.883. The number of carbonyl (C=O) groups excluding carboxylic acids is 1. The van der Waals surface area contributed by atoms with Crippen molar-refractivity contribution in [3.63, 3.8) is 0 Å². The molecule has 138 valence electrons. The van der Waals surface area contributed by atoms with E-state index in [1.807, 2.05) is 34.7 Å². The molecular weight excluding hydrogens is 314 g/mol. The number of nitrogens with one attached hydrogen (secondary N) is 1. The summed E-state index contributed by atoms with van der Waals surface area (Å²) in [7, 11) is 1.83. The molecule has 1 amide bonds. The Hall–Kier alpha value is -2.01. The van der Waals surface area contributed by atoms with Gasteiger partial charge in [-0.1, -0.05) is 18.2 Å². The third-order valence-electron chi connectivity index (χ3n) is 4.52. The average Bonchev–Trinajstić information content (AvgIpc) is 2.96. The lowest BCUT2D eigenvalue weighted by Gasteiger charge is -2.32. The fourth-order valence-corrected chi connectivity index (χ4v) is 3.19. The number of aromatic nitrogens is 1. The number of H-pyrrole nitrogens is 1. The molecule has 3 N–H and O–H groups in total. The highest BCUT2D eigenvalue weighted by Crippen LogP contribution is 2.27. The minimum atomic E-state index is -0.466. The van der Waals surface area contributed by atoms with Crippen molar-refractivity contribution in [1.82, 2.24) is 9.88 Å². The van der Waals surface area contributed by atoms with Crippen LogP contribution in [0.15, 0.2) is 12.3 Å².